The van der Waals surface area contributed by atoms with Crippen molar-refractivity contribution in [1.82, 2.24) is 25.7 Å². The highest BCUT2D eigenvalue weighted by atomic mass is 15.4. The Hall–Kier alpha value is -2.77. The summed E-state index contributed by atoms with van der Waals surface area (Å²) >= 11 is 0. The second-order valence-corrected chi connectivity index (χ2v) is 8.78. The number of allylic oxidation sites excluding steroid dienone is 6. The summed E-state index contributed by atoms with van der Waals surface area (Å²) in [5.41, 5.74) is 7.81. The Bertz CT molecular complexity index is 909. The first kappa shape index (κ1) is 25.8. The molecule has 1 aliphatic carbocycles. The molecular weight excluding hydrogens is 422 g/mol. The average molecular weight is 464 g/mol. The summed E-state index contributed by atoms with van der Waals surface area (Å²) in [6, 6.07) is 2.58. The number of hydrogen-bond donors (Lipinski definition) is 2. The van der Waals surface area contributed by atoms with E-state index in [1.54, 1.807) is 6.08 Å². The lowest BCUT2D eigenvalue weighted by Gasteiger charge is -2.33. The van der Waals surface area contributed by atoms with Crippen LogP contribution in [-0.4, -0.2) is 60.0 Å². The minimum atomic E-state index is 0.570. The van der Waals surface area contributed by atoms with Crippen LogP contribution in [-0.2, 0) is 0 Å². The monoisotopic (exact) mass is 463 g/mol. The molecule has 1 atom stereocenters. The van der Waals surface area contributed by atoms with Gasteiger partial charge in [0.25, 0.3) is 0 Å². The number of aromatic nitrogens is 2. The van der Waals surface area contributed by atoms with Crippen molar-refractivity contribution in [3.8, 4) is 0 Å². The maximum Gasteiger partial charge on any atom is 0.160 e. The number of hydrogen-bond acceptors (Lipinski definition) is 6. The molecular formula is C27H41N7. The topological polar surface area (TPSA) is 68.7 Å². The van der Waals surface area contributed by atoms with Crippen LogP contribution >= 0.6 is 0 Å². The maximum atomic E-state index is 4.84. The van der Waals surface area contributed by atoms with Gasteiger partial charge in [-0.3, -0.25) is 0 Å². The summed E-state index contributed by atoms with van der Waals surface area (Å²) in [5, 5.41) is 0. The second kappa shape index (κ2) is 13.2. The van der Waals surface area contributed by atoms with Crippen molar-refractivity contribution in [1.29, 1.82) is 0 Å². The molecule has 7 heteroatoms. The van der Waals surface area contributed by atoms with Crippen LogP contribution in [0.25, 0.3) is 6.08 Å². The normalized spacial score (nSPS) is 23.2. The van der Waals surface area contributed by atoms with E-state index in [2.05, 4.69) is 34.3 Å². The molecule has 1 aromatic rings. The molecule has 0 aromatic carbocycles. The summed E-state index contributed by atoms with van der Waals surface area (Å²) in [6.07, 6.45) is 16.5. The van der Waals surface area contributed by atoms with Gasteiger partial charge in [-0.1, -0.05) is 50.8 Å². The van der Waals surface area contributed by atoms with Gasteiger partial charge in [-0.15, -0.1) is 0 Å². The second-order valence-electron chi connectivity index (χ2n) is 8.78. The van der Waals surface area contributed by atoms with Crippen LogP contribution in [0.1, 0.15) is 52.3 Å². The third kappa shape index (κ3) is 7.64. The van der Waals surface area contributed by atoms with Crippen molar-refractivity contribution >= 4 is 23.5 Å². The van der Waals surface area contributed by atoms with E-state index in [9.17, 15) is 0 Å². The molecule has 3 heterocycles. The number of nitrogens with one attached hydrogen (secondary N) is 2. The smallest absolute Gasteiger partial charge is 0.160 e. The number of anilines is 1. The highest BCUT2D eigenvalue weighted by Gasteiger charge is 2.33. The third-order valence-corrected chi connectivity index (χ3v) is 6.17. The summed E-state index contributed by atoms with van der Waals surface area (Å²) in [5.74, 6) is 4.08. The van der Waals surface area contributed by atoms with Crippen molar-refractivity contribution in [2.75, 3.05) is 38.1 Å². The standard InChI is InChI=1S/C25H35N7.C2H6/c1-4-6-19(7-5-2)8-12-22-26-24(18-25(28-22)32-16-14-31(3)15-17-32)27-23-13-11-21(29-30-23)20-9-10-20;1-2/h4-8,12,18,20-21,29H,1,9-11,13-17H2,2-3H3,(H,26,27,28,30);1-2H3/b7-5-,12-8+,19-6+;. The first-order valence-electron chi connectivity index (χ1n) is 12.7. The van der Waals surface area contributed by atoms with Gasteiger partial charge in [-0.2, -0.15) is 0 Å². The van der Waals surface area contributed by atoms with Gasteiger partial charge in [0.1, 0.15) is 11.7 Å². The van der Waals surface area contributed by atoms with Crippen LogP contribution in [0, 0.1) is 5.92 Å². The number of amidine groups is 1. The molecule has 184 valence electrons. The highest BCUT2D eigenvalue weighted by Crippen LogP contribution is 2.35. The molecule has 2 saturated heterocycles. The lowest BCUT2D eigenvalue weighted by atomic mass is 10.1. The van der Waals surface area contributed by atoms with Crippen molar-refractivity contribution in [2.24, 2.45) is 10.9 Å². The van der Waals surface area contributed by atoms with Gasteiger partial charge in [-0.05, 0) is 50.8 Å². The molecule has 0 amide bonds. The minimum Gasteiger partial charge on any atom is -0.354 e. The number of hydrazine groups is 1. The Kier molecular flexibility index (Phi) is 10.0. The quantitative estimate of drug-likeness (QED) is 0.574. The van der Waals surface area contributed by atoms with E-state index in [1.807, 2.05) is 57.2 Å². The molecule has 1 unspecified atom stereocenters. The molecule has 0 radical (unpaired) electrons. The van der Waals surface area contributed by atoms with Gasteiger partial charge in [0, 0.05) is 44.7 Å². The highest BCUT2D eigenvalue weighted by molar-refractivity contribution is 5.84. The van der Waals surface area contributed by atoms with Crippen LogP contribution in [0.15, 0.2) is 53.6 Å². The molecule has 0 bridgehead atoms. The molecule has 4 rings (SSSR count). The third-order valence-electron chi connectivity index (χ3n) is 6.17. The van der Waals surface area contributed by atoms with E-state index in [0.29, 0.717) is 17.7 Å². The van der Waals surface area contributed by atoms with Crippen LogP contribution in [0.2, 0.25) is 0 Å². The fourth-order valence-electron chi connectivity index (χ4n) is 4.11. The van der Waals surface area contributed by atoms with Crippen molar-refractivity contribution in [3.05, 3.63) is 54.4 Å². The van der Waals surface area contributed by atoms with Crippen LogP contribution in [0.4, 0.5) is 11.6 Å². The Morgan fingerprint density at radius 2 is 1.88 bits per heavy atom. The Morgan fingerprint density at radius 3 is 2.50 bits per heavy atom. The number of nitrogens with zero attached hydrogens (tertiary/aromatic N) is 5. The average Bonchev–Trinajstić information content (AvgIpc) is 3.71. The lowest BCUT2D eigenvalue weighted by molar-refractivity contribution is 0.312. The molecule has 3 fully saturated rings. The summed E-state index contributed by atoms with van der Waals surface area (Å²) < 4.78 is 0. The first-order valence-corrected chi connectivity index (χ1v) is 12.7. The minimum absolute atomic E-state index is 0.570. The Balaban J connectivity index is 0.00000158. The fraction of sp³-hybridized carbons (Fsp3) is 0.519. The van der Waals surface area contributed by atoms with Gasteiger partial charge in [-0.25, -0.2) is 20.4 Å². The molecule has 3 aliphatic rings. The molecule has 7 nitrogen and oxygen atoms in total. The van der Waals surface area contributed by atoms with Crippen LogP contribution < -0.4 is 15.8 Å². The Morgan fingerprint density at radius 1 is 1.12 bits per heavy atom. The number of likely N-dealkylation sites (N-methyl/N-ethyl adjacent to an activating group) is 1. The van der Waals surface area contributed by atoms with E-state index >= 15 is 0 Å². The van der Waals surface area contributed by atoms with E-state index in [-0.39, 0.29) is 0 Å². The Labute approximate surface area is 205 Å². The first-order chi connectivity index (χ1) is 16.6. The number of rotatable bonds is 7. The number of aliphatic imine (C=N–C) groups is 1. The maximum absolute atomic E-state index is 4.84. The molecule has 1 aromatic heterocycles. The fourth-order valence-corrected chi connectivity index (χ4v) is 4.11. The molecule has 2 N–H and O–H groups in total. The summed E-state index contributed by atoms with van der Waals surface area (Å²) in [7, 11) is 2.16. The molecule has 34 heavy (non-hydrogen) atoms. The van der Waals surface area contributed by atoms with Crippen LogP contribution in [0.3, 0.4) is 0 Å². The van der Waals surface area contributed by atoms with E-state index < -0.39 is 0 Å². The lowest BCUT2D eigenvalue weighted by Crippen LogP contribution is -2.50. The van der Waals surface area contributed by atoms with Gasteiger partial charge in [0.15, 0.2) is 11.6 Å². The van der Waals surface area contributed by atoms with Crippen molar-refractivity contribution < 1.29 is 0 Å². The SMILES string of the molecule is C=C/C=C(\C=C/C)/C=C/c1nc(/N=C2\CCC(C3CC3)NN2)cc(N2CCN(C)CC2)n1.CC. The van der Waals surface area contributed by atoms with Gasteiger partial charge < -0.3 is 15.2 Å². The van der Waals surface area contributed by atoms with E-state index in [0.717, 1.165) is 62.2 Å². The van der Waals surface area contributed by atoms with Gasteiger partial charge >= 0.3 is 0 Å². The molecule has 2 aliphatic heterocycles. The zero-order valence-electron chi connectivity index (χ0n) is 21.3. The zero-order valence-corrected chi connectivity index (χ0v) is 21.3. The van der Waals surface area contributed by atoms with Crippen molar-refractivity contribution in [3.63, 3.8) is 0 Å². The summed E-state index contributed by atoms with van der Waals surface area (Å²) in [6.45, 7) is 13.8. The molecule has 1 saturated carbocycles. The van der Waals surface area contributed by atoms with Gasteiger partial charge in [0.2, 0.25) is 0 Å². The van der Waals surface area contributed by atoms with Crippen LogP contribution in [0.5, 0.6) is 0 Å². The largest absolute Gasteiger partial charge is 0.354 e. The number of piperazine rings is 1. The van der Waals surface area contributed by atoms with Crippen molar-refractivity contribution in [2.45, 2.75) is 52.5 Å². The molecule has 0 spiro atoms. The van der Waals surface area contributed by atoms with E-state index in [1.165, 1.54) is 12.8 Å². The zero-order chi connectivity index (χ0) is 24.3. The predicted molar refractivity (Wildman–Crippen MR) is 144 cm³/mol. The van der Waals surface area contributed by atoms with Gasteiger partial charge in [0.05, 0.1) is 0 Å². The predicted octanol–water partition coefficient (Wildman–Crippen LogP) is 4.65. The van der Waals surface area contributed by atoms with E-state index in [4.69, 9.17) is 15.0 Å². The summed E-state index contributed by atoms with van der Waals surface area (Å²) in [4.78, 5) is 19.1.